The van der Waals surface area contributed by atoms with Gasteiger partial charge in [0.2, 0.25) is 5.13 Å². The Morgan fingerprint density at radius 3 is 2.71 bits per heavy atom. The van der Waals surface area contributed by atoms with Gasteiger partial charge >= 0.3 is 5.97 Å². The monoisotopic (exact) mass is 340 g/mol. The number of hydrogen-bond donors (Lipinski definition) is 3. The first-order valence-electron chi connectivity index (χ1n) is 5.86. The highest BCUT2D eigenvalue weighted by Crippen LogP contribution is 2.25. The normalized spacial score (nSPS) is 10.1. The topological polar surface area (TPSA) is 87.1 Å². The molecule has 2 rings (SSSR count). The molecule has 3 N–H and O–H groups in total. The molecule has 0 aliphatic rings. The van der Waals surface area contributed by atoms with E-state index < -0.39 is 5.97 Å². The average Bonchev–Trinajstić information content (AvgIpc) is 2.86. The van der Waals surface area contributed by atoms with E-state index in [4.69, 9.17) is 17.3 Å². The summed E-state index contributed by atoms with van der Waals surface area (Å²) in [5.74, 6) is -0.929. The fraction of sp³-hybridized carbons (Fsp3) is 0.167. The number of carboxylic acids is 1. The van der Waals surface area contributed by atoms with Gasteiger partial charge in [-0.25, -0.2) is 0 Å². The van der Waals surface area contributed by atoms with Crippen LogP contribution in [0.3, 0.4) is 0 Å². The quantitative estimate of drug-likeness (QED) is 0.566. The molecule has 1 heterocycles. The number of benzene rings is 1. The van der Waals surface area contributed by atoms with Crippen LogP contribution < -0.4 is 10.6 Å². The minimum atomic E-state index is -0.888. The third-order valence-electron chi connectivity index (χ3n) is 2.26. The molecular weight excluding hydrogens is 328 g/mol. The zero-order valence-electron chi connectivity index (χ0n) is 11.0. The Morgan fingerprint density at radius 1 is 1.33 bits per heavy atom. The zero-order valence-corrected chi connectivity index (χ0v) is 13.4. The van der Waals surface area contributed by atoms with Crippen LogP contribution in [0.25, 0.3) is 0 Å². The smallest absolute Gasteiger partial charge is 0.313 e. The van der Waals surface area contributed by atoms with Crippen molar-refractivity contribution in [3.05, 3.63) is 29.8 Å². The average molecular weight is 340 g/mol. The number of aliphatic carboxylic acids is 1. The minimum absolute atomic E-state index is 0.0410. The van der Waals surface area contributed by atoms with Crippen molar-refractivity contribution in [2.45, 2.75) is 11.3 Å². The lowest BCUT2D eigenvalue weighted by Crippen LogP contribution is -2.18. The largest absolute Gasteiger partial charge is 0.481 e. The molecule has 0 saturated heterocycles. The van der Waals surface area contributed by atoms with Gasteiger partial charge in [-0.1, -0.05) is 40.8 Å². The summed E-state index contributed by atoms with van der Waals surface area (Å²) in [6, 6.07) is 7.82. The third-order valence-corrected chi connectivity index (χ3v) is 4.42. The van der Waals surface area contributed by atoms with Crippen LogP contribution in [0.4, 0.5) is 10.8 Å². The van der Waals surface area contributed by atoms with Crippen LogP contribution in [-0.4, -0.2) is 32.1 Å². The summed E-state index contributed by atoms with van der Waals surface area (Å²) in [7, 11) is 0. The second-order valence-corrected chi connectivity index (χ2v) is 6.61. The summed E-state index contributed by atoms with van der Waals surface area (Å²) in [6.45, 7) is 2.01. The summed E-state index contributed by atoms with van der Waals surface area (Å²) >= 11 is 7.56. The van der Waals surface area contributed by atoms with E-state index in [0.29, 0.717) is 14.6 Å². The maximum Gasteiger partial charge on any atom is 0.313 e. The predicted octanol–water partition coefficient (Wildman–Crippen LogP) is 2.83. The molecule has 9 heteroatoms. The van der Waals surface area contributed by atoms with E-state index in [1.165, 1.54) is 16.9 Å². The number of nitrogens with zero attached hydrogens (tertiary/aromatic N) is 2. The highest BCUT2D eigenvalue weighted by Gasteiger charge is 2.08. The van der Waals surface area contributed by atoms with Gasteiger partial charge in [-0.3, -0.25) is 4.79 Å². The summed E-state index contributed by atoms with van der Waals surface area (Å²) in [5, 5.41) is 23.3. The molecule has 0 aliphatic carbocycles. The molecule has 1 aromatic heterocycles. The summed E-state index contributed by atoms with van der Waals surface area (Å²) in [4.78, 5) is 10.5. The molecule has 0 spiro atoms. The lowest BCUT2D eigenvalue weighted by molar-refractivity contribution is -0.133. The second-order valence-electron chi connectivity index (χ2n) is 4.00. The van der Waals surface area contributed by atoms with Crippen molar-refractivity contribution < 1.29 is 9.90 Å². The Kier molecular flexibility index (Phi) is 5.48. The Morgan fingerprint density at radius 2 is 2.05 bits per heavy atom. The molecule has 0 amide bonds. The van der Waals surface area contributed by atoms with E-state index in [-0.39, 0.29) is 5.75 Å². The van der Waals surface area contributed by atoms with Gasteiger partial charge in [-0.2, -0.15) is 0 Å². The van der Waals surface area contributed by atoms with E-state index in [1.807, 2.05) is 31.2 Å². The first-order valence-corrected chi connectivity index (χ1v) is 8.07. The van der Waals surface area contributed by atoms with Crippen molar-refractivity contribution >= 4 is 57.2 Å². The number of carboxylic acid groups (broad SMARTS) is 1. The van der Waals surface area contributed by atoms with Crippen LogP contribution in [0.2, 0.25) is 0 Å². The molecule has 0 unspecified atom stereocenters. The van der Waals surface area contributed by atoms with Crippen LogP contribution in [0, 0.1) is 6.92 Å². The van der Waals surface area contributed by atoms with Crippen molar-refractivity contribution in [2.75, 3.05) is 16.4 Å². The lowest BCUT2D eigenvalue weighted by Gasteiger charge is -2.07. The number of thiocarbonyl (C=S) groups is 1. The predicted molar refractivity (Wildman–Crippen MR) is 89.3 cm³/mol. The van der Waals surface area contributed by atoms with Gasteiger partial charge in [0.05, 0.1) is 5.75 Å². The summed E-state index contributed by atoms with van der Waals surface area (Å²) in [5.41, 5.74) is 2.05. The molecule has 0 radical (unpaired) electrons. The van der Waals surface area contributed by atoms with Crippen molar-refractivity contribution in [3.63, 3.8) is 0 Å². The van der Waals surface area contributed by atoms with Crippen LogP contribution in [0.15, 0.2) is 28.6 Å². The molecule has 110 valence electrons. The molecule has 0 fully saturated rings. The van der Waals surface area contributed by atoms with Gasteiger partial charge in [0.25, 0.3) is 0 Å². The molecule has 0 aliphatic heterocycles. The molecular formula is C12H12N4O2S3. The fourth-order valence-electron chi connectivity index (χ4n) is 1.34. The third kappa shape index (κ3) is 5.29. The number of aromatic nitrogens is 2. The highest BCUT2D eigenvalue weighted by atomic mass is 32.2. The van der Waals surface area contributed by atoms with Gasteiger partial charge in [-0.15, -0.1) is 10.2 Å². The minimum Gasteiger partial charge on any atom is -0.481 e. The molecule has 0 saturated carbocycles. The number of rotatable bonds is 5. The number of carbonyl (C=O) groups is 1. The van der Waals surface area contributed by atoms with Gasteiger partial charge in [0, 0.05) is 5.69 Å². The lowest BCUT2D eigenvalue weighted by atomic mass is 10.2. The first-order chi connectivity index (χ1) is 10.0. The van der Waals surface area contributed by atoms with Gasteiger partial charge in [0.1, 0.15) is 0 Å². The molecule has 1 aromatic carbocycles. The second kappa shape index (κ2) is 7.34. The Hall–Kier alpha value is -1.71. The number of thioether (sulfide) groups is 1. The SMILES string of the molecule is Cc1ccc(NC(=S)Nc2nnc(SCC(=O)O)s2)cc1. The van der Waals surface area contributed by atoms with E-state index in [1.54, 1.807) is 0 Å². The number of nitrogens with one attached hydrogen (secondary N) is 2. The standard InChI is InChI=1S/C12H12N4O2S3/c1-7-2-4-8(5-3-7)13-10(19)14-11-15-16-12(21-11)20-6-9(17)18/h2-5H,6H2,1H3,(H,17,18)(H2,13,14,15,19). The summed E-state index contributed by atoms with van der Waals surface area (Å²) < 4.78 is 0.582. The van der Waals surface area contributed by atoms with E-state index >= 15 is 0 Å². The molecule has 2 aromatic rings. The number of anilines is 2. The number of hydrogen-bond acceptors (Lipinski definition) is 6. The first kappa shape index (κ1) is 15.7. The van der Waals surface area contributed by atoms with Crippen molar-refractivity contribution in [3.8, 4) is 0 Å². The Bertz CT molecular complexity index is 642. The van der Waals surface area contributed by atoms with Gasteiger partial charge < -0.3 is 15.7 Å². The highest BCUT2D eigenvalue weighted by molar-refractivity contribution is 8.01. The van der Waals surface area contributed by atoms with E-state index in [2.05, 4.69) is 20.8 Å². The molecule has 6 nitrogen and oxygen atoms in total. The van der Waals surface area contributed by atoms with E-state index in [9.17, 15) is 4.79 Å². The van der Waals surface area contributed by atoms with Crippen LogP contribution >= 0.6 is 35.3 Å². The van der Waals surface area contributed by atoms with Crippen LogP contribution in [-0.2, 0) is 4.79 Å². The summed E-state index contributed by atoms with van der Waals surface area (Å²) in [6.07, 6.45) is 0. The fourth-order valence-corrected chi connectivity index (χ4v) is 3.09. The molecule has 0 atom stereocenters. The van der Waals surface area contributed by atoms with Crippen molar-refractivity contribution in [2.24, 2.45) is 0 Å². The molecule has 0 bridgehead atoms. The van der Waals surface area contributed by atoms with Gasteiger partial charge in [0.15, 0.2) is 9.45 Å². The Balaban J connectivity index is 1.87. The van der Waals surface area contributed by atoms with Crippen LogP contribution in [0.5, 0.6) is 0 Å². The molecule has 21 heavy (non-hydrogen) atoms. The maximum atomic E-state index is 10.5. The van der Waals surface area contributed by atoms with Crippen LogP contribution in [0.1, 0.15) is 5.56 Å². The van der Waals surface area contributed by atoms with E-state index in [0.717, 1.165) is 17.4 Å². The van der Waals surface area contributed by atoms with Gasteiger partial charge in [-0.05, 0) is 31.3 Å². The maximum absolute atomic E-state index is 10.5. The Labute approximate surface area is 135 Å². The zero-order chi connectivity index (χ0) is 15.2. The van der Waals surface area contributed by atoms with Crippen molar-refractivity contribution in [1.82, 2.24) is 10.2 Å². The number of aryl methyl sites for hydroxylation is 1. The van der Waals surface area contributed by atoms with Crippen molar-refractivity contribution in [1.29, 1.82) is 0 Å².